The molecule has 1 aromatic rings. The number of nitrogens with one attached hydrogen (secondary N) is 1. The zero-order chi connectivity index (χ0) is 13.7. The summed E-state index contributed by atoms with van der Waals surface area (Å²) in [6, 6.07) is 4.47. The van der Waals surface area contributed by atoms with Gasteiger partial charge in [0.15, 0.2) is 0 Å². The van der Waals surface area contributed by atoms with Crippen LogP contribution in [0.5, 0.6) is 0 Å². The smallest absolute Gasteiger partial charge is 0.308 e. The van der Waals surface area contributed by atoms with Crippen molar-refractivity contribution >= 4 is 35.1 Å². The number of rotatable bonds is 5. The molecule has 2 N–H and O–H groups in total. The molecular weight excluding hydrogens is 277 g/mol. The summed E-state index contributed by atoms with van der Waals surface area (Å²) >= 11 is 11.6. The SMILES string of the molecule is CCC(CNC(=O)c1cc(Cl)cc(Cl)c1)C(=O)O. The Morgan fingerprint density at radius 1 is 1.28 bits per heavy atom. The second kappa shape index (κ2) is 6.61. The third-order valence-corrected chi connectivity index (χ3v) is 2.91. The van der Waals surface area contributed by atoms with Gasteiger partial charge in [-0.3, -0.25) is 9.59 Å². The largest absolute Gasteiger partial charge is 0.481 e. The first-order valence-electron chi connectivity index (χ1n) is 5.41. The Bertz CT molecular complexity index is 442. The fourth-order valence-corrected chi connectivity index (χ4v) is 1.94. The molecule has 0 fully saturated rings. The standard InChI is InChI=1S/C12H13Cl2NO3/c1-2-7(12(17)18)6-15-11(16)8-3-9(13)5-10(14)4-8/h3-5,7H,2,6H2,1H3,(H,15,16)(H,17,18). The molecule has 0 radical (unpaired) electrons. The molecule has 1 aromatic carbocycles. The normalized spacial score (nSPS) is 11.9. The van der Waals surface area contributed by atoms with E-state index in [2.05, 4.69) is 5.32 Å². The van der Waals surface area contributed by atoms with Crippen LogP contribution in [0.2, 0.25) is 10.0 Å². The summed E-state index contributed by atoms with van der Waals surface area (Å²) in [7, 11) is 0. The first-order valence-corrected chi connectivity index (χ1v) is 6.16. The minimum atomic E-state index is -0.929. The molecule has 0 saturated heterocycles. The zero-order valence-electron chi connectivity index (χ0n) is 9.74. The van der Waals surface area contributed by atoms with Crippen molar-refractivity contribution in [3.63, 3.8) is 0 Å². The van der Waals surface area contributed by atoms with Gasteiger partial charge >= 0.3 is 5.97 Å². The van der Waals surface area contributed by atoms with Crippen molar-refractivity contribution < 1.29 is 14.7 Å². The van der Waals surface area contributed by atoms with E-state index in [0.717, 1.165) is 0 Å². The van der Waals surface area contributed by atoms with Gasteiger partial charge in [-0.25, -0.2) is 0 Å². The van der Waals surface area contributed by atoms with Crippen LogP contribution < -0.4 is 5.32 Å². The number of hydrogen-bond acceptors (Lipinski definition) is 2. The predicted octanol–water partition coefficient (Wildman–Crippen LogP) is 2.83. The van der Waals surface area contributed by atoms with Crippen molar-refractivity contribution in [1.29, 1.82) is 0 Å². The second-order valence-corrected chi connectivity index (χ2v) is 4.68. The molecule has 0 aliphatic carbocycles. The highest BCUT2D eigenvalue weighted by atomic mass is 35.5. The average molecular weight is 290 g/mol. The van der Waals surface area contributed by atoms with Gasteiger partial charge in [-0.15, -0.1) is 0 Å². The molecule has 0 aliphatic rings. The molecule has 1 unspecified atom stereocenters. The molecule has 0 heterocycles. The molecule has 0 saturated carbocycles. The Kier molecular flexibility index (Phi) is 5.44. The van der Waals surface area contributed by atoms with Gasteiger partial charge in [0.25, 0.3) is 5.91 Å². The van der Waals surface area contributed by atoms with E-state index in [1.54, 1.807) is 6.92 Å². The van der Waals surface area contributed by atoms with Crippen LogP contribution in [0.1, 0.15) is 23.7 Å². The van der Waals surface area contributed by atoms with Crippen molar-refractivity contribution in [1.82, 2.24) is 5.32 Å². The maximum Gasteiger partial charge on any atom is 0.308 e. The van der Waals surface area contributed by atoms with Gasteiger partial charge in [0.05, 0.1) is 5.92 Å². The number of hydrogen-bond donors (Lipinski definition) is 2. The number of carbonyl (C=O) groups is 2. The molecule has 0 bridgehead atoms. The number of benzene rings is 1. The Balaban J connectivity index is 2.68. The van der Waals surface area contributed by atoms with Gasteiger partial charge in [0.2, 0.25) is 0 Å². The fourth-order valence-electron chi connectivity index (χ4n) is 1.41. The first-order chi connectivity index (χ1) is 8.43. The van der Waals surface area contributed by atoms with Crippen LogP contribution in [0, 0.1) is 5.92 Å². The minimum Gasteiger partial charge on any atom is -0.481 e. The number of aliphatic carboxylic acids is 1. The zero-order valence-corrected chi connectivity index (χ0v) is 11.3. The summed E-state index contributed by atoms with van der Waals surface area (Å²) in [6.07, 6.45) is 0.450. The third-order valence-electron chi connectivity index (χ3n) is 2.48. The monoisotopic (exact) mass is 289 g/mol. The lowest BCUT2D eigenvalue weighted by Crippen LogP contribution is -2.32. The number of carboxylic acids is 1. The van der Waals surface area contributed by atoms with Gasteiger partial charge < -0.3 is 10.4 Å². The number of carboxylic acid groups (broad SMARTS) is 1. The quantitative estimate of drug-likeness (QED) is 0.876. The highest BCUT2D eigenvalue weighted by Crippen LogP contribution is 2.19. The first kappa shape index (κ1) is 14.8. The van der Waals surface area contributed by atoms with Crippen molar-refractivity contribution in [2.45, 2.75) is 13.3 Å². The van der Waals surface area contributed by atoms with E-state index in [4.69, 9.17) is 28.3 Å². The van der Waals surface area contributed by atoms with Gasteiger partial charge in [0, 0.05) is 22.2 Å². The van der Waals surface area contributed by atoms with Crippen LogP contribution in [0.4, 0.5) is 0 Å². The molecular formula is C12H13Cl2NO3. The van der Waals surface area contributed by atoms with Crippen molar-refractivity contribution in [3.8, 4) is 0 Å². The fraction of sp³-hybridized carbons (Fsp3) is 0.333. The lowest BCUT2D eigenvalue weighted by Gasteiger charge is -2.11. The van der Waals surface area contributed by atoms with E-state index < -0.39 is 11.9 Å². The number of carbonyl (C=O) groups excluding carboxylic acids is 1. The van der Waals surface area contributed by atoms with Crippen molar-refractivity contribution in [3.05, 3.63) is 33.8 Å². The summed E-state index contributed by atoms with van der Waals surface area (Å²) in [5.74, 6) is -1.91. The molecule has 1 amide bonds. The van der Waals surface area contributed by atoms with Gasteiger partial charge in [-0.05, 0) is 24.6 Å². The molecule has 98 valence electrons. The Morgan fingerprint density at radius 2 is 1.83 bits per heavy atom. The average Bonchev–Trinajstić information content (AvgIpc) is 2.27. The minimum absolute atomic E-state index is 0.0782. The van der Waals surface area contributed by atoms with Crippen LogP contribution in [0.25, 0.3) is 0 Å². The van der Waals surface area contributed by atoms with Crippen LogP contribution in [0.15, 0.2) is 18.2 Å². The van der Waals surface area contributed by atoms with E-state index in [1.807, 2.05) is 0 Å². The summed E-state index contributed by atoms with van der Waals surface area (Å²) in [4.78, 5) is 22.6. The molecule has 0 aromatic heterocycles. The summed E-state index contributed by atoms with van der Waals surface area (Å²) in [5.41, 5.74) is 0.313. The molecule has 4 nitrogen and oxygen atoms in total. The van der Waals surface area contributed by atoms with Crippen LogP contribution in [-0.4, -0.2) is 23.5 Å². The molecule has 18 heavy (non-hydrogen) atoms. The molecule has 1 rings (SSSR count). The van der Waals surface area contributed by atoms with Gasteiger partial charge in [-0.2, -0.15) is 0 Å². The Morgan fingerprint density at radius 3 is 2.28 bits per heavy atom. The summed E-state index contributed by atoms with van der Waals surface area (Å²) in [6.45, 7) is 1.83. The second-order valence-electron chi connectivity index (χ2n) is 3.81. The highest BCUT2D eigenvalue weighted by molar-refractivity contribution is 6.35. The maximum atomic E-state index is 11.8. The summed E-state index contributed by atoms with van der Waals surface area (Å²) in [5, 5.41) is 12.1. The van der Waals surface area contributed by atoms with Crippen LogP contribution in [-0.2, 0) is 4.79 Å². The molecule has 1 atom stereocenters. The molecule has 0 spiro atoms. The van der Waals surface area contributed by atoms with E-state index in [9.17, 15) is 9.59 Å². The van der Waals surface area contributed by atoms with Gasteiger partial charge in [0.1, 0.15) is 0 Å². The van der Waals surface area contributed by atoms with E-state index in [0.29, 0.717) is 22.0 Å². The lowest BCUT2D eigenvalue weighted by atomic mass is 10.1. The molecule has 6 heteroatoms. The van der Waals surface area contributed by atoms with Gasteiger partial charge in [-0.1, -0.05) is 30.1 Å². The van der Waals surface area contributed by atoms with E-state index in [1.165, 1.54) is 18.2 Å². The Labute approximate surface area is 115 Å². The highest BCUT2D eigenvalue weighted by Gasteiger charge is 2.16. The van der Waals surface area contributed by atoms with E-state index >= 15 is 0 Å². The maximum absolute atomic E-state index is 11.8. The van der Waals surface area contributed by atoms with Crippen LogP contribution in [0.3, 0.4) is 0 Å². The van der Waals surface area contributed by atoms with E-state index in [-0.39, 0.29) is 12.5 Å². The third kappa shape index (κ3) is 4.20. The number of halogens is 2. The topological polar surface area (TPSA) is 66.4 Å². The summed E-state index contributed by atoms with van der Waals surface area (Å²) < 4.78 is 0. The lowest BCUT2D eigenvalue weighted by molar-refractivity contribution is -0.141. The molecule has 0 aliphatic heterocycles. The predicted molar refractivity (Wildman–Crippen MR) is 70.2 cm³/mol. The van der Waals surface area contributed by atoms with Crippen molar-refractivity contribution in [2.75, 3.05) is 6.54 Å². The number of amides is 1. The van der Waals surface area contributed by atoms with Crippen molar-refractivity contribution in [2.24, 2.45) is 5.92 Å². The van der Waals surface area contributed by atoms with Crippen LogP contribution >= 0.6 is 23.2 Å². The Hall–Kier alpha value is -1.26.